The minimum atomic E-state index is -0.360. The van der Waals surface area contributed by atoms with Crippen molar-refractivity contribution < 1.29 is 14.3 Å². The van der Waals surface area contributed by atoms with Gasteiger partial charge in [-0.3, -0.25) is 4.79 Å². The Morgan fingerprint density at radius 2 is 2.11 bits per heavy atom. The second-order valence-electron chi connectivity index (χ2n) is 4.26. The van der Waals surface area contributed by atoms with Crippen molar-refractivity contribution in [3.8, 4) is 0 Å². The summed E-state index contributed by atoms with van der Waals surface area (Å²) in [7, 11) is 1.32. The van der Waals surface area contributed by atoms with Gasteiger partial charge in [0.15, 0.2) is 0 Å². The number of hydrogen-bond acceptors (Lipinski definition) is 3. The lowest BCUT2D eigenvalue weighted by molar-refractivity contribution is -0.141. The Hall–Kier alpha value is -1.56. The molecular weight excluding hydrogens is 312 g/mol. The van der Waals surface area contributed by atoms with Crippen molar-refractivity contribution in [2.75, 3.05) is 12.4 Å². The van der Waals surface area contributed by atoms with Crippen LogP contribution in [0.15, 0.2) is 22.7 Å². The van der Waals surface area contributed by atoms with E-state index in [1.165, 1.54) is 7.11 Å². The van der Waals surface area contributed by atoms with Crippen molar-refractivity contribution in [3.63, 3.8) is 0 Å². The minimum Gasteiger partial charge on any atom is -0.469 e. The molecule has 1 aromatic carbocycles. The lowest BCUT2D eigenvalue weighted by Crippen LogP contribution is -2.37. The summed E-state index contributed by atoms with van der Waals surface area (Å²) in [6, 6.07) is 4.97. The molecule has 2 N–H and O–H groups in total. The summed E-state index contributed by atoms with van der Waals surface area (Å²) in [6.07, 6.45) is 0.138. The number of carbonyl (C=O) groups excluding carboxylic acids is 2. The number of esters is 1. The quantitative estimate of drug-likeness (QED) is 0.835. The van der Waals surface area contributed by atoms with Gasteiger partial charge in [-0.05, 0) is 47.5 Å². The number of carbonyl (C=O) groups is 2. The van der Waals surface area contributed by atoms with Gasteiger partial charge in [0.1, 0.15) is 0 Å². The number of aryl methyl sites for hydroxylation is 1. The van der Waals surface area contributed by atoms with Crippen LogP contribution in [0, 0.1) is 6.92 Å². The summed E-state index contributed by atoms with van der Waals surface area (Å²) in [5, 5.41) is 5.37. The van der Waals surface area contributed by atoms with Gasteiger partial charge in [-0.25, -0.2) is 4.79 Å². The normalized spacial score (nSPS) is 11.6. The molecule has 1 atom stereocenters. The molecule has 0 fully saturated rings. The first kappa shape index (κ1) is 15.5. The number of nitrogens with one attached hydrogen (secondary N) is 2. The molecule has 0 aromatic heterocycles. The molecule has 2 amide bonds. The highest BCUT2D eigenvalue weighted by atomic mass is 79.9. The van der Waals surface area contributed by atoms with Crippen molar-refractivity contribution in [1.82, 2.24) is 5.32 Å². The van der Waals surface area contributed by atoms with Gasteiger partial charge < -0.3 is 15.4 Å². The first-order valence-corrected chi connectivity index (χ1v) is 6.62. The molecule has 0 saturated heterocycles. The van der Waals surface area contributed by atoms with Crippen LogP contribution >= 0.6 is 15.9 Å². The first-order chi connectivity index (χ1) is 8.92. The van der Waals surface area contributed by atoms with E-state index >= 15 is 0 Å². The molecule has 1 rings (SSSR count). The Morgan fingerprint density at radius 3 is 2.68 bits per heavy atom. The highest BCUT2D eigenvalue weighted by Crippen LogP contribution is 2.23. The van der Waals surface area contributed by atoms with E-state index in [0.717, 1.165) is 10.0 Å². The van der Waals surface area contributed by atoms with E-state index in [-0.39, 0.29) is 24.5 Å². The van der Waals surface area contributed by atoms with Crippen molar-refractivity contribution in [2.24, 2.45) is 0 Å². The van der Waals surface area contributed by atoms with Crippen LogP contribution in [0.1, 0.15) is 18.9 Å². The molecule has 6 heteroatoms. The SMILES string of the molecule is COC(=O)C[C@@H](C)NC(=O)Nc1ccc(C)cc1Br. The van der Waals surface area contributed by atoms with E-state index in [1.54, 1.807) is 6.92 Å². The molecule has 0 radical (unpaired) electrons. The van der Waals surface area contributed by atoms with Crippen molar-refractivity contribution in [3.05, 3.63) is 28.2 Å². The highest BCUT2D eigenvalue weighted by Gasteiger charge is 2.12. The number of rotatable bonds is 4. The number of ether oxygens (including phenoxy) is 1. The van der Waals surface area contributed by atoms with Crippen LogP contribution < -0.4 is 10.6 Å². The molecule has 0 aliphatic heterocycles. The molecular formula is C13H17BrN2O3. The summed E-state index contributed by atoms with van der Waals surface area (Å²) in [4.78, 5) is 22.8. The molecule has 104 valence electrons. The number of amides is 2. The van der Waals surface area contributed by atoms with Crippen molar-refractivity contribution in [2.45, 2.75) is 26.3 Å². The summed E-state index contributed by atoms with van der Waals surface area (Å²) in [5.41, 5.74) is 1.77. The number of methoxy groups -OCH3 is 1. The molecule has 0 saturated carbocycles. The van der Waals surface area contributed by atoms with Gasteiger partial charge in [0, 0.05) is 10.5 Å². The third-order valence-electron chi connectivity index (χ3n) is 2.45. The summed E-state index contributed by atoms with van der Waals surface area (Å²) in [6.45, 7) is 3.70. The zero-order chi connectivity index (χ0) is 14.4. The Bertz CT molecular complexity index is 477. The first-order valence-electron chi connectivity index (χ1n) is 5.83. The molecule has 0 aliphatic rings. The van der Waals surface area contributed by atoms with Crippen LogP contribution in [-0.2, 0) is 9.53 Å². The third kappa shape index (κ3) is 5.30. The number of benzene rings is 1. The molecule has 0 heterocycles. The second kappa shape index (κ2) is 7.13. The predicted molar refractivity (Wildman–Crippen MR) is 77.1 cm³/mol. The van der Waals surface area contributed by atoms with Crippen LogP contribution in [0.4, 0.5) is 10.5 Å². The molecule has 0 unspecified atom stereocenters. The molecule has 0 aliphatic carbocycles. The second-order valence-corrected chi connectivity index (χ2v) is 5.12. The van der Waals surface area contributed by atoms with Gasteiger partial charge in [-0.1, -0.05) is 6.07 Å². The zero-order valence-corrected chi connectivity index (χ0v) is 12.7. The summed E-state index contributed by atoms with van der Waals surface area (Å²) < 4.78 is 5.34. The Morgan fingerprint density at radius 1 is 1.42 bits per heavy atom. The predicted octanol–water partition coefficient (Wildman–Crippen LogP) is 2.83. The standard InChI is InChI=1S/C13H17BrN2O3/c1-8-4-5-11(10(14)6-8)16-13(18)15-9(2)7-12(17)19-3/h4-6,9H,7H2,1-3H3,(H2,15,16,18)/t9-/m1/s1. The van der Waals surface area contributed by atoms with Gasteiger partial charge in [-0.15, -0.1) is 0 Å². The smallest absolute Gasteiger partial charge is 0.319 e. The average molecular weight is 329 g/mol. The molecule has 19 heavy (non-hydrogen) atoms. The highest BCUT2D eigenvalue weighted by molar-refractivity contribution is 9.10. The number of anilines is 1. The Kier molecular flexibility index (Phi) is 5.82. The topological polar surface area (TPSA) is 67.4 Å². The molecule has 5 nitrogen and oxygen atoms in total. The van der Waals surface area contributed by atoms with Crippen molar-refractivity contribution in [1.29, 1.82) is 0 Å². The molecule has 1 aromatic rings. The van der Waals surface area contributed by atoms with Crippen LogP contribution in [0.2, 0.25) is 0 Å². The minimum absolute atomic E-state index is 0.138. The molecule has 0 spiro atoms. The summed E-state index contributed by atoms with van der Waals surface area (Å²) in [5.74, 6) is -0.357. The molecule has 0 bridgehead atoms. The van der Waals surface area contributed by atoms with E-state index in [0.29, 0.717) is 5.69 Å². The average Bonchev–Trinajstić information content (AvgIpc) is 2.32. The fourth-order valence-corrected chi connectivity index (χ4v) is 2.08. The van der Waals surface area contributed by atoms with E-state index in [2.05, 4.69) is 31.3 Å². The number of urea groups is 1. The zero-order valence-electron chi connectivity index (χ0n) is 11.1. The lowest BCUT2D eigenvalue weighted by atomic mass is 10.2. The van der Waals surface area contributed by atoms with E-state index < -0.39 is 0 Å². The van der Waals surface area contributed by atoms with Crippen LogP contribution in [0.5, 0.6) is 0 Å². The van der Waals surface area contributed by atoms with Gasteiger partial charge in [-0.2, -0.15) is 0 Å². The monoisotopic (exact) mass is 328 g/mol. The van der Waals surface area contributed by atoms with Gasteiger partial charge >= 0.3 is 12.0 Å². The number of halogens is 1. The van der Waals surface area contributed by atoms with Gasteiger partial charge in [0.2, 0.25) is 0 Å². The maximum absolute atomic E-state index is 11.7. The Labute approximate surface area is 120 Å². The van der Waals surface area contributed by atoms with Gasteiger partial charge in [0.05, 0.1) is 19.2 Å². The van der Waals surface area contributed by atoms with Crippen molar-refractivity contribution >= 4 is 33.6 Å². The Balaban J connectivity index is 2.53. The fraction of sp³-hybridized carbons (Fsp3) is 0.385. The van der Waals surface area contributed by atoms with E-state index in [4.69, 9.17) is 0 Å². The lowest BCUT2D eigenvalue weighted by Gasteiger charge is -2.14. The number of hydrogen-bond donors (Lipinski definition) is 2. The van der Waals surface area contributed by atoms with Crippen LogP contribution in [-0.4, -0.2) is 25.2 Å². The largest absolute Gasteiger partial charge is 0.469 e. The maximum Gasteiger partial charge on any atom is 0.319 e. The van der Waals surface area contributed by atoms with E-state index in [9.17, 15) is 9.59 Å². The third-order valence-corrected chi connectivity index (χ3v) is 3.11. The van der Waals surface area contributed by atoms with Gasteiger partial charge in [0.25, 0.3) is 0 Å². The maximum atomic E-state index is 11.7. The summed E-state index contributed by atoms with van der Waals surface area (Å²) >= 11 is 3.38. The van der Waals surface area contributed by atoms with Crippen LogP contribution in [0.25, 0.3) is 0 Å². The van der Waals surface area contributed by atoms with E-state index in [1.807, 2.05) is 25.1 Å². The fourth-order valence-electron chi connectivity index (χ4n) is 1.49. The van der Waals surface area contributed by atoms with Crippen LogP contribution in [0.3, 0.4) is 0 Å².